The molecular weight excluding hydrogens is 542 g/mol. The number of aryl methyl sites for hydroxylation is 1. The van der Waals surface area contributed by atoms with Crippen LogP contribution in [-0.2, 0) is 33.7 Å². The molecule has 0 N–H and O–H groups in total. The molecule has 6 heterocycles. The van der Waals surface area contributed by atoms with Gasteiger partial charge in [0.2, 0.25) is 5.91 Å². The molecule has 3 aromatic rings. The first-order valence-corrected chi connectivity index (χ1v) is 15.3. The van der Waals surface area contributed by atoms with Gasteiger partial charge in [-0.1, -0.05) is 0 Å². The summed E-state index contributed by atoms with van der Waals surface area (Å²) in [7, 11) is 0. The van der Waals surface area contributed by atoms with Crippen molar-refractivity contribution < 1.29 is 23.0 Å². The molecular formula is C31H38F2N6O3. The van der Waals surface area contributed by atoms with Gasteiger partial charge in [0.25, 0.3) is 6.43 Å². The van der Waals surface area contributed by atoms with Gasteiger partial charge < -0.3 is 19.3 Å². The van der Waals surface area contributed by atoms with Crippen molar-refractivity contribution in [2.24, 2.45) is 0 Å². The van der Waals surface area contributed by atoms with Crippen LogP contribution in [0.15, 0.2) is 24.5 Å². The van der Waals surface area contributed by atoms with Gasteiger partial charge in [0.15, 0.2) is 5.82 Å². The van der Waals surface area contributed by atoms with Crippen LogP contribution in [0.2, 0.25) is 0 Å². The van der Waals surface area contributed by atoms with Gasteiger partial charge in [-0.15, -0.1) is 0 Å². The molecule has 2 aromatic heterocycles. The van der Waals surface area contributed by atoms with E-state index in [9.17, 15) is 13.6 Å². The van der Waals surface area contributed by atoms with E-state index >= 15 is 0 Å². The number of fused-ring (bicyclic) bond motifs is 2. The Labute approximate surface area is 244 Å². The van der Waals surface area contributed by atoms with Crippen LogP contribution in [0, 0.1) is 0 Å². The molecule has 224 valence electrons. The molecule has 2 fully saturated rings. The Hall–Kier alpha value is -3.31. The minimum atomic E-state index is -2.65. The first-order valence-electron chi connectivity index (χ1n) is 15.3. The maximum absolute atomic E-state index is 14.7. The van der Waals surface area contributed by atoms with Crippen LogP contribution in [-0.4, -0.2) is 63.3 Å². The molecule has 0 aliphatic carbocycles. The van der Waals surface area contributed by atoms with E-state index < -0.39 is 6.43 Å². The summed E-state index contributed by atoms with van der Waals surface area (Å²) in [4.78, 5) is 16.3. The average Bonchev–Trinajstić information content (AvgIpc) is 3.66. The summed E-state index contributed by atoms with van der Waals surface area (Å²) in [5, 5.41) is 9.67. The third kappa shape index (κ3) is 5.00. The predicted molar refractivity (Wildman–Crippen MR) is 153 cm³/mol. The first kappa shape index (κ1) is 27.5. The van der Waals surface area contributed by atoms with Gasteiger partial charge in [-0.3, -0.25) is 9.48 Å². The summed E-state index contributed by atoms with van der Waals surface area (Å²) >= 11 is 0. The molecule has 42 heavy (non-hydrogen) atoms. The number of carbonyl (C=O) groups excluding carboxylic acids is 1. The summed E-state index contributed by atoms with van der Waals surface area (Å²) in [5.41, 5.74) is 5.19. The third-order valence-electron chi connectivity index (χ3n) is 9.27. The van der Waals surface area contributed by atoms with Gasteiger partial charge in [0.1, 0.15) is 6.23 Å². The van der Waals surface area contributed by atoms with Crippen LogP contribution in [0.5, 0.6) is 0 Å². The topological polar surface area (TPSA) is 77.7 Å². The Kier molecular flexibility index (Phi) is 7.47. The number of benzene rings is 1. The second-order valence-electron chi connectivity index (χ2n) is 11.9. The minimum absolute atomic E-state index is 0.00662. The second kappa shape index (κ2) is 11.4. The molecule has 9 nitrogen and oxygen atoms in total. The fraction of sp³-hybridized carbons (Fsp3) is 0.581. The van der Waals surface area contributed by atoms with Crippen LogP contribution in [0.25, 0.3) is 11.1 Å². The minimum Gasteiger partial charge on any atom is -0.381 e. The number of nitrogens with zero attached hydrogens (tertiary/aromatic N) is 6. The molecule has 1 amide bonds. The van der Waals surface area contributed by atoms with Crippen molar-refractivity contribution in [2.45, 2.75) is 83.5 Å². The van der Waals surface area contributed by atoms with Crippen LogP contribution < -0.4 is 4.90 Å². The van der Waals surface area contributed by atoms with E-state index in [-0.39, 0.29) is 23.7 Å². The molecule has 0 saturated carbocycles. The van der Waals surface area contributed by atoms with Crippen molar-refractivity contribution in [1.82, 2.24) is 24.5 Å². The monoisotopic (exact) mass is 580 g/mol. The number of carbonyl (C=O) groups is 1. The number of hydrogen-bond donors (Lipinski definition) is 0. The van der Waals surface area contributed by atoms with E-state index in [0.717, 1.165) is 79.7 Å². The molecule has 1 atom stereocenters. The Morgan fingerprint density at radius 3 is 2.67 bits per heavy atom. The Morgan fingerprint density at radius 1 is 1.05 bits per heavy atom. The third-order valence-corrected chi connectivity index (χ3v) is 9.27. The van der Waals surface area contributed by atoms with Gasteiger partial charge in [0.05, 0.1) is 18.8 Å². The maximum atomic E-state index is 14.7. The molecule has 11 heteroatoms. The molecule has 1 unspecified atom stereocenters. The smallest absolute Gasteiger partial charge is 0.264 e. The molecule has 0 spiro atoms. The van der Waals surface area contributed by atoms with E-state index in [1.54, 1.807) is 23.9 Å². The lowest BCUT2D eigenvalue weighted by Crippen LogP contribution is -2.36. The number of anilines is 2. The van der Waals surface area contributed by atoms with Gasteiger partial charge in [0, 0.05) is 80.5 Å². The summed E-state index contributed by atoms with van der Waals surface area (Å²) in [6.07, 6.45) is 7.87. The number of rotatable bonds is 5. The number of ether oxygens (including phenoxy) is 2. The zero-order valence-corrected chi connectivity index (χ0v) is 24.1. The highest BCUT2D eigenvalue weighted by Gasteiger charge is 2.34. The lowest BCUT2D eigenvalue weighted by Gasteiger charge is -2.33. The van der Waals surface area contributed by atoms with Crippen molar-refractivity contribution in [3.8, 4) is 11.1 Å². The van der Waals surface area contributed by atoms with Crippen molar-refractivity contribution in [3.05, 3.63) is 46.9 Å². The van der Waals surface area contributed by atoms with Crippen molar-refractivity contribution in [1.29, 1.82) is 0 Å². The maximum Gasteiger partial charge on any atom is 0.264 e. The first-order chi connectivity index (χ1) is 20.5. The fourth-order valence-corrected chi connectivity index (χ4v) is 7.01. The molecule has 1 aromatic carbocycles. The highest BCUT2D eigenvalue weighted by molar-refractivity contribution is 5.78. The Morgan fingerprint density at radius 2 is 1.90 bits per heavy atom. The summed E-state index contributed by atoms with van der Waals surface area (Å²) < 4.78 is 44.8. The molecule has 4 aliphatic rings. The Balaban J connectivity index is 1.29. The van der Waals surface area contributed by atoms with Crippen molar-refractivity contribution >= 4 is 17.4 Å². The standard InChI is InChI=1S/C31H38F2N6O3/c1-20(40)36-11-7-27-26(19-36)31(35-39(27)23-8-13-41-14-9-23)37-10-4-5-21-15-24(25(30(32)33)16-28(21)37)22-17-34-38(18-22)29-6-2-3-12-42-29/h15-18,23,29-30H,2-14,19H2,1H3. The summed E-state index contributed by atoms with van der Waals surface area (Å²) in [6.45, 7) is 5.51. The lowest BCUT2D eigenvalue weighted by molar-refractivity contribution is -0.129. The largest absolute Gasteiger partial charge is 0.381 e. The quantitative estimate of drug-likeness (QED) is 0.384. The Bertz CT molecular complexity index is 1460. The average molecular weight is 581 g/mol. The van der Waals surface area contributed by atoms with Crippen molar-refractivity contribution in [3.63, 3.8) is 0 Å². The van der Waals surface area contributed by atoms with Gasteiger partial charge in [-0.2, -0.15) is 10.2 Å². The summed E-state index contributed by atoms with van der Waals surface area (Å²) in [6, 6.07) is 3.82. The number of amides is 1. The lowest BCUT2D eigenvalue weighted by atomic mass is 9.92. The van der Waals surface area contributed by atoms with Gasteiger partial charge >= 0.3 is 0 Å². The van der Waals surface area contributed by atoms with E-state index in [0.29, 0.717) is 50.6 Å². The normalized spacial score (nSPS) is 21.5. The number of alkyl halides is 2. The second-order valence-corrected chi connectivity index (χ2v) is 11.9. The van der Waals surface area contributed by atoms with E-state index in [1.807, 2.05) is 17.2 Å². The number of aromatic nitrogens is 4. The van der Waals surface area contributed by atoms with Crippen LogP contribution in [0.3, 0.4) is 0 Å². The molecule has 0 radical (unpaired) electrons. The van der Waals surface area contributed by atoms with Crippen LogP contribution in [0.4, 0.5) is 20.3 Å². The SMILES string of the molecule is CC(=O)N1CCc2c(c(N3CCCc4cc(-c5cnn(C6CCCCO6)c5)c(C(F)F)cc43)nn2C2CCOCC2)C1. The molecule has 0 bridgehead atoms. The van der Waals surface area contributed by atoms with Crippen LogP contribution in [0.1, 0.15) is 86.5 Å². The molecule has 2 saturated heterocycles. The van der Waals surface area contributed by atoms with Gasteiger partial charge in [-0.05, 0) is 68.2 Å². The zero-order valence-electron chi connectivity index (χ0n) is 24.1. The predicted octanol–water partition coefficient (Wildman–Crippen LogP) is 5.72. The summed E-state index contributed by atoms with van der Waals surface area (Å²) in [5.74, 6) is 0.826. The van der Waals surface area contributed by atoms with E-state index in [4.69, 9.17) is 14.6 Å². The van der Waals surface area contributed by atoms with Crippen LogP contribution >= 0.6 is 0 Å². The van der Waals surface area contributed by atoms with E-state index in [2.05, 4.69) is 14.7 Å². The number of hydrogen-bond acceptors (Lipinski definition) is 6. The highest BCUT2D eigenvalue weighted by atomic mass is 19.3. The highest BCUT2D eigenvalue weighted by Crippen LogP contribution is 2.44. The fourth-order valence-electron chi connectivity index (χ4n) is 7.01. The number of halogens is 2. The zero-order chi connectivity index (χ0) is 28.8. The molecule has 7 rings (SSSR count). The van der Waals surface area contributed by atoms with E-state index in [1.165, 1.54) is 0 Å². The van der Waals surface area contributed by atoms with Crippen molar-refractivity contribution in [2.75, 3.05) is 37.8 Å². The molecule has 4 aliphatic heterocycles. The van der Waals surface area contributed by atoms with Gasteiger partial charge in [-0.25, -0.2) is 13.5 Å².